The van der Waals surface area contributed by atoms with Gasteiger partial charge >= 0.3 is 11.9 Å². The van der Waals surface area contributed by atoms with E-state index in [-0.39, 0.29) is 0 Å². The third-order valence-corrected chi connectivity index (χ3v) is 4.76. The zero-order valence-corrected chi connectivity index (χ0v) is 16.2. The zero-order chi connectivity index (χ0) is 20.2. The van der Waals surface area contributed by atoms with E-state index in [9.17, 15) is 0 Å². The topological polar surface area (TPSA) is 87.1 Å². The lowest BCUT2D eigenvalue weighted by Crippen LogP contribution is -2.25. The van der Waals surface area contributed by atoms with Crippen molar-refractivity contribution in [2.45, 2.75) is 38.5 Å². The molecule has 3 rings (SSSR count). The summed E-state index contributed by atoms with van der Waals surface area (Å²) in [5.41, 5.74) is 0. The fourth-order valence-corrected chi connectivity index (χ4v) is 3.30. The van der Waals surface area contributed by atoms with Crippen molar-refractivity contribution in [2.75, 3.05) is 26.2 Å². The van der Waals surface area contributed by atoms with Crippen LogP contribution in [0.5, 0.6) is 5.75 Å². The number of nitrogens with zero attached hydrogens (tertiary/aromatic N) is 1. The van der Waals surface area contributed by atoms with Crippen molar-refractivity contribution in [1.82, 2.24) is 4.90 Å². The molecule has 1 aliphatic heterocycles. The number of rotatable bonds is 6. The average Bonchev–Trinajstić information content (AvgIpc) is 2.97. The van der Waals surface area contributed by atoms with Crippen molar-refractivity contribution >= 4 is 22.7 Å². The number of hydrogen-bond acceptors (Lipinski definition) is 4. The number of carbonyl (C=O) groups is 2. The van der Waals surface area contributed by atoms with Crippen LogP contribution in [0.15, 0.2) is 42.5 Å². The molecule has 1 heterocycles. The molecular weight excluding hydrogens is 358 g/mol. The molecule has 0 aromatic heterocycles. The second-order valence-electron chi connectivity index (χ2n) is 6.90. The maximum atomic E-state index is 9.10. The molecule has 6 heteroatoms. The Labute approximate surface area is 165 Å². The quantitative estimate of drug-likeness (QED) is 0.575. The van der Waals surface area contributed by atoms with Gasteiger partial charge in [-0.05, 0) is 56.8 Å². The number of carboxylic acid groups (broad SMARTS) is 2. The second-order valence-corrected chi connectivity index (χ2v) is 6.90. The van der Waals surface area contributed by atoms with E-state index < -0.39 is 11.9 Å². The standard InChI is InChI=1S/C20H27NO.C2H2O4/c1-2-6-15-21(14-5-1)16-7-8-17-22-20-13-9-11-18-10-3-4-12-19(18)20;3-1(4)2(5)6/h3-4,9-13H,1-2,5-8,14-17H2;(H,3,4)(H,5,6). The van der Waals surface area contributed by atoms with E-state index in [0.717, 1.165) is 18.8 Å². The van der Waals surface area contributed by atoms with Gasteiger partial charge in [-0.15, -0.1) is 0 Å². The first-order chi connectivity index (χ1) is 13.6. The number of carboxylic acids is 2. The molecule has 1 fully saturated rings. The largest absolute Gasteiger partial charge is 0.493 e. The average molecular weight is 387 g/mol. The molecule has 0 saturated carbocycles. The minimum atomic E-state index is -1.82. The Kier molecular flexibility index (Phi) is 9.28. The number of fused-ring (bicyclic) bond motifs is 1. The molecule has 1 aliphatic rings. The van der Waals surface area contributed by atoms with Crippen LogP contribution in [-0.2, 0) is 9.59 Å². The van der Waals surface area contributed by atoms with Gasteiger partial charge in [0.05, 0.1) is 6.61 Å². The highest BCUT2D eigenvalue weighted by Gasteiger charge is 2.08. The van der Waals surface area contributed by atoms with E-state index in [1.807, 2.05) is 0 Å². The Morgan fingerprint density at radius 3 is 2.18 bits per heavy atom. The fraction of sp³-hybridized carbons (Fsp3) is 0.455. The molecule has 0 amide bonds. The number of unbranched alkanes of at least 4 members (excludes halogenated alkanes) is 1. The van der Waals surface area contributed by atoms with Crippen LogP contribution in [-0.4, -0.2) is 53.3 Å². The fourth-order valence-electron chi connectivity index (χ4n) is 3.30. The van der Waals surface area contributed by atoms with Crippen LogP contribution in [0.1, 0.15) is 38.5 Å². The van der Waals surface area contributed by atoms with Gasteiger partial charge in [-0.2, -0.15) is 0 Å². The first-order valence-corrected chi connectivity index (χ1v) is 9.87. The Bertz CT molecular complexity index is 736. The number of ether oxygens (including phenoxy) is 1. The van der Waals surface area contributed by atoms with Crippen molar-refractivity contribution in [3.8, 4) is 5.75 Å². The number of likely N-dealkylation sites (tertiary alicyclic amines) is 1. The summed E-state index contributed by atoms with van der Waals surface area (Å²) >= 11 is 0. The van der Waals surface area contributed by atoms with Crippen LogP contribution in [0.4, 0.5) is 0 Å². The van der Waals surface area contributed by atoms with Gasteiger partial charge in [0, 0.05) is 5.39 Å². The van der Waals surface area contributed by atoms with Crippen LogP contribution < -0.4 is 4.74 Å². The number of hydrogen-bond donors (Lipinski definition) is 2. The molecular formula is C22H29NO5. The molecule has 0 radical (unpaired) electrons. The van der Waals surface area contributed by atoms with Crippen molar-refractivity contribution < 1.29 is 24.5 Å². The van der Waals surface area contributed by atoms with Gasteiger partial charge in [0.25, 0.3) is 0 Å². The maximum Gasteiger partial charge on any atom is 0.414 e. The highest BCUT2D eigenvalue weighted by Crippen LogP contribution is 2.25. The first kappa shape index (κ1) is 21.7. The van der Waals surface area contributed by atoms with Gasteiger partial charge in [0.2, 0.25) is 0 Å². The van der Waals surface area contributed by atoms with E-state index in [1.54, 1.807) is 0 Å². The third kappa shape index (κ3) is 7.56. The molecule has 0 spiro atoms. The lowest BCUT2D eigenvalue weighted by Gasteiger charge is -2.19. The molecule has 2 aromatic carbocycles. The van der Waals surface area contributed by atoms with E-state index in [0.29, 0.717) is 0 Å². The molecule has 6 nitrogen and oxygen atoms in total. The number of benzene rings is 2. The highest BCUT2D eigenvalue weighted by molar-refractivity contribution is 6.27. The van der Waals surface area contributed by atoms with E-state index in [1.165, 1.54) is 62.5 Å². The highest BCUT2D eigenvalue weighted by atomic mass is 16.5. The van der Waals surface area contributed by atoms with E-state index >= 15 is 0 Å². The Balaban J connectivity index is 0.000000409. The van der Waals surface area contributed by atoms with Gasteiger partial charge in [0.15, 0.2) is 0 Å². The predicted molar refractivity (Wildman–Crippen MR) is 109 cm³/mol. The first-order valence-electron chi connectivity index (χ1n) is 9.87. The Morgan fingerprint density at radius 2 is 1.50 bits per heavy atom. The second kappa shape index (κ2) is 12.0. The van der Waals surface area contributed by atoms with Gasteiger partial charge in [-0.3, -0.25) is 0 Å². The van der Waals surface area contributed by atoms with Crippen molar-refractivity contribution in [3.05, 3.63) is 42.5 Å². The maximum absolute atomic E-state index is 9.10. The van der Waals surface area contributed by atoms with Crippen LogP contribution in [0.2, 0.25) is 0 Å². The van der Waals surface area contributed by atoms with Gasteiger partial charge in [0.1, 0.15) is 5.75 Å². The lowest BCUT2D eigenvalue weighted by atomic mass is 10.1. The molecule has 0 atom stereocenters. The summed E-state index contributed by atoms with van der Waals surface area (Å²) in [4.78, 5) is 20.8. The Morgan fingerprint density at radius 1 is 0.857 bits per heavy atom. The zero-order valence-electron chi connectivity index (χ0n) is 16.2. The molecule has 1 saturated heterocycles. The van der Waals surface area contributed by atoms with Crippen molar-refractivity contribution in [1.29, 1.82) is 0 Å². The molecule has 2 N–H and O–H groups in total. The van der Waals surface area contributed by atoms with Crippen LogP contribution in [0.25, 0.3) is 10.8 Å². The molecule has 2 aromatic rings. The molecule has 0 aliphatic carbocycles. The van der Waals surface area contributed by atoms with Gasteiger partial charge < -0.3 is 19.8 Å². The van der Waals surface area contributed by atoms with Crippen molar-refractivity contribution in [2.24, 2.45) is 0 Å². The van der Waals surface area contributed by atoms with E-state index in [2.05, 4.69) is 47.4 Å². The minimum absolute atomic E-state index is 0.821. The normalized spacial score (nSPS) is 14.6. The summed E-state index contributed by atoms with van der Waals surface area (Å²) < 4.78 is 6.01. The minimum Gasteiger partial charge on any atom is -0.493 e. The Hall–Kier alpha value is -2.60. The summed E-state index contributed by atoms with van der Waals surface area (Å²) in [6, 6.07) is 14.7. The molecule has 28 heavy (non-hydrogen) atoms. The van der Waals surface area contributed by atoms with E-state index in [4.69, 9.17) is 24.5 Å². The predicted octanol–water partition coefficient (Wildman–Crippen LogP) is 4.03. The third-order valence-electron chi connectivity index (χ3n) is 4.76. The van der Waals surface area contributed by atoms with Crippen LogP contribution in [0, 0.1) is 0 Å². The van der Waals surface area contributed by atoms with Crippen LogP contribution >= 0.6 is 0 Å². The molecule has 0 unspecified atom stereocenters. The summed E-state index contributed by atoms with van der Waals surface area (Å²) in [6.45, 7) is 4.65. The molecule has 0 bridgehead atoms. The lowest BCUT2D eigenvalue weighted by molar-refractivity contribution is -0.159. The molecule has 152 valence electrons. The summed E-state index contributed by atoms with van der Waals surface area (Å²) in [5, 5.41) is 17.3. The smallest absolute Gasteiger partial charge is 0.414 e. The SMILES string of the molecule is O=C(O)C(=O)O.c1ccc2c(OCCCCN3CCCCCC3)cccc2c1. The summed E-state index contributed by atoms with van der Waals surface area (Å²) in [7, 11) is 0. The van der Waals surface area contributed by atoms with Gasteiger partial charge in [-0.1, -0.05) is 49.2 Å². The van der Waals surface area contributed by atoms with Crippen molar-refractivity contribution in [3.63, 3.8) is 0 Å². The summed E-state index contributed by atoms with van der Waals surface area (Å²) in [6.07, 6.45) is 7.98. The monoisotopic (exact) mass is 387 g/mol. The van der Waals surface area contributed by atoms with Crippen LogP contribution in [0.3, 0.4) is 0 Å². The summed E-state index contributed by atoms with van der Waals surface area (Å²) in [5.74, 6) is -2.63. The number of aliphatic carboxylic acids is 2. The van der Waals surface area contributed by atoms with Gasteiger partial charge in [-0.25, -0.2) is 9.59 Å².